The summed E-state index contributed by atoms with van der Waals surface area (Å²) in [4.78, 5) is 31.0. The number of amides is 2. The van der Waals surface area contributed by atoms with Crippen molar-refractivity contribution in [2.75, 3.05) is 26.3 Å². The van der Waals surface area contributed by atoms with Crippen LogP contribution in [0, 0.1) is 0 Å². The van der Waals surface area contributed by atoms with Crippen molar-refractivity contribution >= 4 is 23.6 Å². The van der Waals surface area contributed by atoms with E-state index in [1.54, 1.807) is 11.8 Å². The Morgan fingerprint density at radius 1 is 0.714 bits per heavy atom. The van der Waals surface area contributed by atoms with Gasteiger partial charge in [-0.2, -0.15) is 0 Å². The normalized spacial score (nSPS) is 20.4. The van der Waals surface area contributed by atoms with Gasteiger partial charge in [-0.15, -0.1) is 0 Å². The zero-order valence-corrected chi connectivity index (χ0v) is 21.6. The second-order valence-electron chi connectivity index (χ2n) is 9.49. The molecule has 0 aliphatic carbocycles. The maximum Gasteiger partial charge on any atom is 0.260 e. The molecule has 2 aliphatic heterocycles. The van der Waals surface area contributed by atoms with Crippen molar-refractivity contribution in [3.63, 3.8) is 0 Å². The number of likely N-dealkylation sites (tertiary alicyclic amines) is 2. The van der Waals surface area contributed by atoms with Crippen LogP contribution < -0.4 is 9.47 Å². The van der Waals surface area contributed by atoms with Crippen LogP contribution in [0.1, 0.15) is 52.4 Å². The number of ether oxygens (including phenoxy) is 2. The van der Waals surface area contributed by atoms with Crippen molar-refractivity contribution in [3.05, 3.63) is 48.5 Å². The third-order valence-electron chi connectivity index (χ3n) is 6.85. The van der Waals surface area contributed by atoms with Gasteiger partial charge in [0.25, 0.3) is 11.8 Å². The summed E-state index contributed by atoms with van der Waals surface area (Å²) in [5, 5.41) is 0. The number of carbonyl (C=O) groups excluding carboxylic acids is 2. The third-order valence-corrected chi connectivity index (χ3v) is 7.87. The molecular formula is C28H36N2O4S. The topological polar surface area (TPSA) is 59.1 Å². The molecule has 2 atom stereocenters. The molecule has 4 rings (SSSR count). The van der Waals surface area contributed by atoms with Crippen LogP contribution in [-0.4, -0.2) is 60.0 Å². The Labute approximate surface area is 213 Å². The first-order valence-electron chi connectivity index (χ1n) is 12.7. The van der Waals surface area contributed by atoms with Crippen molar-refractivity contribution in [2.24, 2.45) is 0 Å². The van der Waals surface area contributed by atoms with E-state index in [1.807, 2.05) is 58.3 Å². The van der Waals surface area contributed by atoms with Crippen LogP contribution in [-0.2, 0) is 9.59 Å². The van der Waals surface area contributed by atoms with E-state index in [9.17, 15) is 9.59 Å². The molecule has 2 unspecified atom stereocenters. The number of piperidine rings is 2. The Morgan fingerprint density at radius 3 is 1.49 bits per heavy atom. The van der Waals surface area contributed by atoms with E-state index in [2.05, 4.69) is 13.8 Å². The predicted molar refractivity (Wildman–Crippen MR) is 138 cm³/mol. The molecule has 0 saturated carbocycles. The lowest BCUT2D eigenvalue weighted by molar-refractivity contribution is -0.137. The maximum absolute atomic E-state index is 12.5. The zero-order valence-electron chi connectivity index (χ0n) is 20.8. The van der Waals surface area contributed by atoms with Gasteiger partial charge in [0, 0.05) is 35.0 Å². The number of hydrogen-bond donors (Lipinski definition) is 0. The number of nitrogens with zero attached hydrogens (tertiary/aromatic N) is 2. The highest BCUT2D eigenvalue weighted by atomic mass is 32.2. The van der Waals surface area contributed by atoms with Crippen molar-refractivity contribution < 1.29 is 19.1 Å². The van der Waals surface area contributed by atoms with Crippen LogP contribution in [0.15, 0.2) is 58.3 Å². The first-order valence-corrected chi connectivity index (χ1v) is 13.5. The van der Waals surface area contributed by atoms with E-state index in [1.165, 1.54) is 12.8 Å². The zero-order chi connectivity index (χ0) is 24.6. The smallest absolute Gasteiger partial charge is 0.260 e. The summed E-state index contributed by atoms with van der Waals surface area (Å²) >= 11 is 1.64. The van der Waals surface area contributed by atoms with Crippen LogP contribution in [0.5, 0.6) is 11.5 Å². The van der Waals surface area contributed by atoms with Crippen molar-refractivity contribution in [1.29, 1.82) is 0 Å². The van der Waals surface area contributed by atoms with Gasteiger partial charge in [-0.3, -0.25) is 9.59 Å². The van der Waals surface area contributed by atoms with E-state index < -0.39 is 0 Å². The molecule has 2 fully saturated rings. The number of hydrogen-bond acceptors (Lipinski definition) is 5. The fourth-order valence-electron chi connectivity index (χ4n) is 4.74. The molecule has 0 bridgehead atoms. The quantitative estimate of drug-likeness (QED) is 0.490. The number of benzene rings is 2. The van der Waals surface area contributed by atoms with Gasteiger partial charge in [-0.25, -0.2) is 0 Å². The Hall–Kier alpha value is -2.67. The fraction of sp³-hybridized carbons (Fsp3) is 0.500. The highest BCUT2D eigenvalue weighted by Gasteiger charge is 2.24. The van der Waals surface area contributed by atoms with Crippen molar-refractivity contribution in [1.82, 2.24) is 9.80 Å². The van der Waals surface area contributed by atoms with E-state index in [-0.39, 0.29) is 25.0 Å². The molecule has 7 heteroatoms. The van der Waals surface area contributed by atoms with Gasteiger partial charge in [-0.1, -0.05) is 11.8 Å². The van der Waals surface area contributed by atoms with Crippen LogP contribution in [0.4, 0.5) is 0 Å². The molecule has 35 heavy (non-hydrogen) atoms. The predicted octanol–water partition coefficient (Wildman–Crippen LogP) is 5.40. The number of rotatable bonds is 8. The molecule has 2 aromatic carbocycles. The van der Waals surface area contributed by atoms with E-state index in [0.29, 0.717) is 23.6 Å². The van der Waals surface area contributed by atoms with E-state index >= 15 is 0 Å². The summed E-state index contributed by atoms with van der Waals surface area (Å²) in [7, 11) is 0. The Bertz CT molecular complexity index is 900. The SMILES string of the molecule is CC1CCCCN1C(=O)COc1ccc(Sc2ccc(OCC(=O)N3CCCCC3C)cc2)cc1. The fourth-order valence-corrected chi connectivity index (χ4v) is 5.55. The summed E-state index contributed by atoms with van der Waals surface area (Å²) in [5.74, 6) is 1.52. The average Bonchev–Trinajstić information content (AvgIpc) is 2.88. The molecule has 2 heterocycles. The highest BCUT2D eigenvalue weighted by Crippen LogP contribution is 2.30. The summed E-state index contributed by atoms with van der Waals surface area (Å²) in [5.41, 5.74) is 0. The molecule has 2 aliphatic rings. The van der Waals surface area contributed by atoms with Crippen LogP contribution >= 0.6 is 11.8 Å². The molecule has 0 spiro atoms. The molecular weight excluding hydrogens is 460 g/mol. The van der Waals surface area contributed by atoms with Gasteiger partial charge in [0.2, 0.25) is 0 Å². The average molecular weight is 497 g/mol. The summed E-state index contributed by atoms with van der Waals surface area (Å²) < 4.78 is 11.5. The Kier molecular flexibility index (Phi) is 8.96. The standard InChI is InChI=1S/C28H36N2O4S/c1-21-7-3-5-17-29(21)27(31)19-33-23-9-13-25(14-10-23)35-26-15-11-24(12-16-26)34-20-28(32)30-18-6-4-8-22(30)2/h9-16,21-22H,3-8,17-20H2,1-2H3. The Morgan fingerprint density at radius 2 is 1.11 bits per heavy atom. The lowest BCUT2D eigenvalue weighted by Crippen LogP contribution is -2.44. The molecule has 0 radical (unpaired) electrons. The summed E-state index contributed by atoms with van der Waals surface area (Å²) in [6.07, 6.45) is 6.68. The minimum atomic E-state index is 0.0603. The first kappa shape index (κ1) is 25.4. The molecule has 6 nitrogen and oxygen atoms in total. The first-order chi connectivity index (χ1) is 17.0. The van der Waals surface area contributed by atoms with E-state index in [4.69, 9.17) is 9.47 Å². The van der Waals surface area contributed by atoms with Gasteiger partial charge in [0.15, 0.2) is 13.2 Å². The second kappa shape index (κ2) is 12.3. The second-order valence-corrected chi connectivity index (χ2v) is 10.6. The van der Waals surface area contributed by atoms with Crippen molar-refractivity contribution in [2.45, 2.75) is 74.2 Å². The molecule has 2 aromatic rings. The highest BCUT2D eigenvalue weighted by molar-refractivity contribution is 7.99. The van der Waals surface area contributed by atoms with Crippen LogP contribution in [0.25, 0.3) is 0 Å². The molecule has 2 amide bonds. The van der Waals surface area contributed by atoms with Gasteiger partial charge in [0.05, 0.1) is 0 Å². The van der Waals surface area contributed by atoms with Gasteiger partial charge in [0.1, 0.15) is 11.5 Å². The van der Waals surface area contributed by atoms with Crippen molar-refractivity contribution in [3.8, 4) is 11.5 Å². The van der Waals surface area contributed by atoms with Gasteiger partial charge >= 0.3 is 0 Å². The minimum absolute atomic E-state index is 0.0603. The largest absolute Gasteiger partial charge is 0.484 e. The molecule has 2 saturated heterocycles. The van der Waals surface area contributed by atoms with E-state index in [0.717, 1.165) is 48.6 Å². The van der Waals surface area contributed by atoms with Crippen LogP contribution in [0.2, 0.25) is 0 Å². The number of carbonyl (C=O) groups is 2. The lowest BCUT2D eigenvalue weighted by Gasteiger charge is -2.33. The van der Waals surface area contributed by atoms with Gasteiger partial charge in [-0.05, 0) is 101 Å². The monoisotopic (exact) mass is 496 g/mol. The third kappa shape index (κ3) is 7.17. The maximum atomic E-state index is 12.5. The minimum Gasteiger partial charge on any atom is -0.484 e. The Balaban J connectivity index is 1.22. The summed E-state index contributed by atoms with van der Waals surface area (Å²) in [6.45, 7) is 6.04. The summed E-state index contributed by atoms with van der Waals surface area (Å²) in [6, 6.07) is 16.2. The van der Waals surface area contributed by atoms with Crippen LogP contribution in [0.3, 0.4) is 0 Å². The molecule has 188 valence electrons. The van der Waals surface area contributed by atoms with Gasteiger partial charge < -0.3 is 19.3 Å². The molecule has 0 N–H and O–H groups in total. The lowest BCUT2D eigenvalue weighted by atomic mass is 10.0. The molecule has 0 aromatic heterocycles.